The van der Waals surface area contributed by atoms with Gasteiger partial charge in [-0.15, -0.1) is 0 Å². The van der Waals surface area contributed by atoms with Crippen LogP contribution in [0.2, 0.25) is 0 Å². The van der Waals surface area contributed by atoms with Gasteiger partial charge in [-0.3, -0.25) is 4.90 Å². The first-order valence-electron chi connectivity index (χ1n) is 9.27. The summed E-state index contributed by atoms with van der Waals surface area (Å²) in [4.78, 5) is 6.95. The zero-order chi connectivity index (χ0) is 18.1. The molecule has 26 heavy (non-hydrogen) atoms. The largest absolute Gasteiger partial charge is 0.384 e. The van der Waals surface area contributed by atoms with Crippen LogP contribution in [-0.4, -0.2) is 46.4 Å². The third-order valence-corrected chi connectivity index (χ3v) is 5.36. The molecular weight excluding hydrogens is 328 g/mol. The highest BCUT2D eigenvalue weighted by atomic mass is 16.5. The van der Waals surface area contributed by atoms with E-state index in [9.17, 15) is 0 Å². The Bertz CT molecular complexity index is 885. The van der Waals surface area contributed by atoms with Crippen molar-refractivity contribution in [1.29, 1.82) is 0 Å². The number of benzene rings is 1. The van der Waals surface area contributed by atoms with Crippen molar-refractivity contribution in [1.82, 2.24) is 19.6 Å². The predicted octanol–water partition coefficient (Wildman–Crippen LogP) is 3.21. The number of methoxy groups -OCH3 is 1. The predicted molar refractivity (Wildman–Crippen MR) is 100 cm³/mol. The van der Waals surface area contributed by atoms with Crippen molar-refractivity contribution in [3.05, 3.63) is 47.7 Å². The molecule has 1 aliphatic rings. The van der Waals surface area contributed by atoms with Gasteiger partial charge < -0.3 is 13.8 Å². The smallest absolute Gasteiger partial charge is 0.231 e. The normalized spacial score (nSPS) is 21.0. The second-order valence-electron chi connectivity index (χ2n) is 7.15. The molecule has 0 unspecified atom stereocenters. The number of nitrogens with zero attached hydrogens (tertiary/aromatic N) is 4. The molecule has 1 aliphatic heterocycles. The Morgan fingerprint density at radius 2 is 2.12 bits per heavy atom. The van der Waals surface area contributed by atoms with E-state index in [-0.39, 0.29) is 5.92 Å². The van der Waals surface area contributed by atoms with Gasteiger partial charge >= 0.3 is 0 Å². The first-order chi connectivity index (χ1) is 12.7. The molecule has 0 spiro atoms. The van der Waals surface area contributed by atoms with E-state index in [1.165, 1.54) is 16.5 Å². The van der Waals surface area contributed by atoms with Gasteiger partial charge in [-0.1, -0.05) is 23.4 Å². The molecule has 0 saturated carbocycles. The molecule has 0 radical (unpaired) electrons. The van der Waals surface area contributed by atoms with Crippen LogP contribution in [0.3, 0.4) is 0 Å². The summed E-state index contributed by atoms with van der Waals surface area (Å²) in [6.07, 6.45) is 2.29. The minimum absolute atomic E-state index is 0.232. The lowest BCUT2D eigenvalue weighted by Gasteiger charge is -2.15. The van der Waals surface area contributed by atoms with Gasteiger partial charge in [0, 0.05) is 56.3 Å². The van der Waals surface area contributed by atoms with E-state index in [0.29, 0.717) is 18.3 Å². The SMILES string of the molecule is CCn1cc(CN2C[C@@H](COC)[C@H](c3nc(C)no3)C2)c2ccccc21. The van der Waals surface area contributed by atoms with Crippen molar-refractivity contribution >= 4 is 10.9 Å². The first-order valence-corrected chi connectivity index (χ1v) is 9.27. The highest BCUT2D eigenvalue weighted by molar-refractivity contribution is 5.83. The molecule has 3 heterocycles. The van der Waals surface area contributed by atoms with Crippen LogP contribution in [0.1, 0.15) is 30.1 Å². The number of rotatable bonds is 6. The van der Waals surface area contributed by atoms with Gasteiger partial charge in [0.05, 0.1) is 12.5 Å². The standard InChI is InChI=1S/C20H26N4O2/c1-4-24-11-15(17-7-5-6-8-19(17)24)9-23-10-16(13-25-3)18(12-23)20-21-14(2)22-26-20/h5-8,11,16,18H,4,9-10,12-13H2,1-3H3/t16-,18+/m0/s1. The van der Waals surface area contributed by atoms with Gasteiger partial charge in [-0.2, -0.15) is 4.98 Å². The Balaban J connectivity index is 1.57. The Hall–Kier alpha value is -2.18. The van der Waals surface area contributed by atoms with Crippen molar-refractivity contribution in [2.24, 2.45) is 5.92 Å². The van der Waals surface area contributed by atoms with Crippen LogP contribution >= 0.6 is 0 Å². The molecule has 0 N–H and O–H groups in total. The van der Waals surface area contributed by atoms with Crippen LogP contribution in [0.4, 0.5) is 0 Å². The van der Waals surface area contributed by atoms with Crippen LogP contribution in [0.15, 0.2) is 35.0 Å². The minimum Gasteiger partial charge on any atom is -0.384 e. The van der Waals surface area contributed by atoms with Gasteiger partial charge in [0.25, 0.3) is 0 Å². The van der Waals surface area contributed by atoms with Crippen molar-refractivity contribution < 1.29 is 9.26 Å². The topological polar surface area (TPSA) is 56.3 Å². The molecule has 1 saturated heterocycles. The van der Waals surface area contributed by atoms with Gasteiger partial charge in [0.15, 0.2) is 5.82 Å². The summed E-state index contributed by atoms with van der Waals surface area (Å²) >= 11 is 0. The molecule has 1 fully saturated rings. The first kappa shape index (κ1) is 17.2. The van der Waals surface area contributed by atoms with Gasteiger partial charge in [-0.25, -0.2) is 0 Å². The highest BCUT2D eigenvalue weighted by Gasteiger charge is 2.37. The Morgan fingerprint density at radius 3 is 2.85 bits per heavy atom. The van der Waals surface area contributed by atoms with E-state index < -0.39 is 0 Å². The molecule has 2 atom stereocenters. The number of likely N-dealkylation sites (tertiary alicyclic amines) is 1. The van der Waals surface area contributed by atoms with E-state index in [4.69, 9.17) is 9.26 Å². The average Bonchev–Trinajstić information content (AvgIpc) is 3.33. The van der Waals surface area contributed by atoms with Gasteiger partial charge in [0.2, 0.25) is 5.89 Å². The molecule has 0 amide bonds. The fourth-order valence-corrected chi connectivity index (χ4v) is 4.17. The van der Waals surface area contributed by atoms with Crippen LogP contribution in [0.5, 0.6) is 0 Å². The minimum atomic E-state index is 0.232. The van der Waals surface area contributed by atoms with E-state index >= 15 is 0 Å². The number of aromatic nitrogens is 3. The molecule has 0 bridgehead atoms. The number of para-hydroxylation sites is 1. The third kappa shape index (κ3) is 3.15. The summed E-state index contributed by atoms with van der Waals surface area (Å²) in [7, 11) is 1.76. The maximum Gasteiger partial charge on any atom is 0.231 e. The van der Waals surface area contributed by atoms with Crippen LogP contribution in [0, 0.1) is 12.8 Å². The molecule has 1 aromatic carbocycles. The second-order valence-corrected chi connectivity index (χ2v) is 7.15. The fourth-order valence-electron chi connectivity index (χ4n) is 4.17. The fraction of sp³-hybridized carbons (Fsp3) is 0.500. The van der Waals surface area contributed by atoms with Crippen LogP contribution < -0.4 is 0 Å². The van der Waals surface area contributed by atoms with E-state index in [0.717, 1.165) is 32.1 Å². The molecule has 0 aliphatic carbocycles. The lowest BCUT2D eigenvalue weighted by atomic mass is 9.97. The summed E-state index contributed by atoms with van der Waals surface area (Å²) in [6.45, 7) is 8.57. The number of ether oxygens (including phenoxy) is 1. The van der Waals surface area contributed by atoms with E-state index in [1.807, 2.05) is 6.92 Å². The zero-order valence-corrected chi connectivity index (χ0v) is 15.7. The molecule has 4 rings (SSSR count). The summed E-state index contributed by atoms with van der Waals surface area (Å²) in [5.41, 5.74) is 2.68. The van der Waals surface area contributed by atoms with Crippen molar-refractivity contribution in [3.8, 4) is 0 Å². The van der Waals surface area contributed by atoms with Gasteiger partial charge in [-0.05, 0) is 25.5 Å². The molecular formula is C20H26N4O2. The van der Waals surface area contributed by atoms with E-state index in [2.05, 4.69) is 57.0 Å². The highest BCUT2D eigenvalue weighted by Crippen LogP contribution is 2.34. The van der Waals surface area contributed by atoms with Crippen molar-refractivity contribution in [2.75, 3.05) is 26.8 Å². The molecule has 138 valence electrons. The molecule has 6 nitrogen and oxygen atoms in total. The summed E-state index contributed by atoms with van der Waals surface area (Å²) in [6, 6.07) is 8.65. The second kappa shape index (κ2) is 7.21. The molecule has 3 aromatic rings. The quantitative estimate of drug-likeness (QED) is 0.680. The van der Waals surface area contributed by atoms with Crippen molar-refractivity contribution in [2.45, 2.75) is 32.9 Å². The lowest BCUT2D eigenvalue weighted by Crippen LogP contribution is -2.21. The number of hydrogen-bond donors (Lipinski definition) is 0. The lowest BCUT2D eigenvalue weighted by molar-refractivity contribution is 0.142. The zero-order valence-electron chi connectivity index (χ0n) is 15.7. The Labute approximate surface area is 153 Å². The maximum atomic E-state index is 5.47. The summed E-state index contributed by atoms with van der Waals surface area (Å²) < 4.78 is 13.2. The van der Waals surface area contributed by atoms with Gasteiger partial charge in [0.1, 0.15) is 0 Å². The number of aryl methyl sites for hydroxylation is 2. The van der Waals surface area contributed by atoms with Crippen LogP contribution in [-0.2, 0) is 17.8 Å². The molecule has 2 aromatic heterocycles. The average molecular weight is 354 g/mol. The summed E-state index contributed by atoms with van der Waals surface area (Å²) in [5, 5.41) is 5.31. The van der Waals surface area contributed by atoms with E-state index in [1.54, 1.807) is 7.11 Å². The number of fused-ring (bicyclic) bond motifs is 1. The number of hydrogen-bond acceptors (Lipinski definition) is 5. The maximum absolute atomic E-state index is 5.47. The Kier molecular flexibility index (Phi) is 4.78. The molecule has 6 heteroatoms. The van der Waals surface area contributed by atoms with Crippen LogP contribution in [0.25, 0.3) is 10.9 Å². The Morgan fingerprint density at radius 1 is 1.27 bits per heavy atom. The third-order valence-electron chi connectivity index (χ3n) is 5.36. The monoisotopic (exact) mass is 354 g/mol. The van der Waals surface area contributed by atoms with Crippen molar-refractivity contribution in [3.63, 3.8) is 0 Å². The summed E-state index contributed by atoms with van der Waals surface area (Å²) in [5.74, 6) is 2.04.